The highest BCUT2D eigenvalue weighted by Gasteiger charge is 2.21. The summed E-state index contributed by atoms with van der Waals surface area (Å²) in [5.74, 6) is 1.56. The van der Waals surface area contributed by atoms with E-state index < -0.39 is 0 Å². The minimum atomic E-state index is -0.0191. The number of carbonyl (C=O) groups excluding carboxylic acids is 2. The molecule has 29 heavy (non-hydrogen) atoms. The summed E-state index contributed by atoms with van der Waals surface area (Å²) in [6.07, 6.45) is 2.52. The summed E-state index contributed by atoms with van der Waals surface area (Å²) < 4.78 is 11.3. The number of rotatable bonds is 10. The molecule has 0 bridgehead atoms. The summed E-state index contributed by atoms with van der Waals surface area (Å²) >= 11 is 0. The van der Waals surface area contributed by atoms with Crippen LogP contribution in [0.3, 0.4) is 0 Å². The quantitative estimate of drug-likeness (QED) is 0.622. The van der Waals surface area contributed by atoms with E-state index in [0.29, 0.717) is 44.8 Å². The summed E-state index contributed by atoms with van der Waals surface area (Å²) in [6.45, 7) is 4.17. The van der Waals surface area contributed by atoms with Gasteiger partial charge in [0.25, 0.3) is 0 Å². The number of amides is 2. The summed E-state index contributed by atoms with van der Waals surface area (Å²) in [7, 11) is 0. The SMILES string of the molecule is CCOc1ccccc1OCCCC(=O)NCc1cccc(N2CCCC2=O)c1. The Hall–Kier alpha value is -3.02. The van der Waals surface area contributed by atoms with E-state index in [1.165, 1.54) is 0 Å². The van der Waals surface area contributed by atoms with Crippen molar-refractivity contribution in [2.24, 2.45) is 0 Å². The van der Waals surface area contributed by atoms with E-state index >= 15 is 0 Å². The van der Waals surface area contributed by atoms with E-state index in [1.54, 1.807) is 0 Å². The lowest BCUT2D eigenvalue weighted by Crippen LogP contribution is -2.25. The second-order valence-electron chi connectivity index (χ2n) is 6.93. The van der Waals surface area contributed by atoms with E-state index in [0.717, 1.165) is 30.0 Å². The summed E-state index contributed by atoms with van der Waals surface area (Å²) in [4.78, 5) is 25.8. The van der Waals surface area contributed by atoms with E-state index in [1.807, 2.05) is 60.4 Å². The van der Waals surface area contributed by atoms with E-state index in [4.69, 9.17) is 9.47 Å². The van der Waals surface area contributed by atoms with Crippen LogP contribution < -0.4 is 19.7 Å². The van der Waals surface area contributed by atoms with Gasteiger partial charge in [-0.05, 0) is 49.6 Å². The lowest BCUT2D eigenvalue weighted by atomic mass is 10.2. The van der Waals surface area contributed by atoms with Crippen LogP contribution in [0, 0.1) is 0 Å². The van der Waals surface area contributed by atoms with Crippen molar-refractivity contribution in [1.82, 2.24) is 5.32 Å². The minimum Gasteiger partial charge on any atom is -0.490 e. The van der Waals surface area contributed by atoms with Gasteiger partial charge in [-0.3, -0.25) is 9.59 Å². The number of anilines is 1. The number of ether oxygens (including phenoxy) is 2. The van der Waals surface area contributed by atoms with Crippen molar-refractivity contribution in [2.75, 3.05) is 24.7 Å². The standard InChI is InChI=1S/C23H28N2O4/c1-2-28-20-10-3-4-11-21(20)29-15-7-12-22(26)24-17-18-8-5-9-19(16-18)25-14-6-13-23(25)27/h3-5,8-11,16H,2,6-7,12-15,17H2,1H3,(H,24,26). The Labute approximate surface area is 171 Å². The molecule has 1 fully saturated rings. The third kappa shape index (κ3) is 5.98. The molecule has 1 N–H and O–H groups in total. The molecule has 0 aliphatic carbocycles. The topological polar surface area (TPSA) is 67.9 Å². The molecule has 0 radical (unpaired) electrons. The van der Waals surface area contributed by atoms with Crippen molar-refractivity contribution in [1.29, 1.82) is 0 Å². The Morgan fingerprint density at radius 2 is 1.90 bits per heavy atom. The molecule has 0 spiro atoms. The van der Waals surface area contributed by atoms with Gasteiger partial charge >= 0.3 is 0 Å². The van der Waals surface area contributed by atoms with E-state index in [-0.39, 0.29) is 11.8 Å². The van der Waals surface area contributed by atoms with Crippen molar-refractivity contribution in [2.45, 2.75) is 39.2 Å². The zero-order valence-corrected chi connectivity index (χ0v) is 16.9. The Kier molecular flexibility index (Phi) is 7.50. The highest BCUT2D eigenvalue weighted by molar-refractivity contribution is 5.95. The van der Waals surface area contributed by atoms with Crippen LogP contribution in [-0.4, -0.2) is 31.6 Å². The largest absolute Gasteiger partial charge is 0.490 e. The third-order valence-electron chi connectivity index (χ3n) is 4.74. The molecule has 154 valence electrons. The van der Waals surface area contributed by atoms with Gasteiger partial charge in [0, 0.05) is 31.6 Å². The molecule has 0 saturated carbocycles. The first kappa shape index (κ1) is 20.7. The highest BCUT2D eigenvalue weighted by Crippen LogP contribution is 2.26. The first-order chi connectivity index (χ1) is 14.2. The number of hydrogen-bond acceptors (Lipinski definition) is 4. The fraction of sp³-hybridized carbons (Fsp3) is 0.391. The van der Waals surface area contributed by atoms with Crippen LogP contribution in [-0.2, 0) is 16.1 Å². The molecule has 1 aliphatic heterocycles. The normalized spacial score (nSPS) is 13.4. The number of para-hydroxylation sites is 2. The number of benzene rings is 2. The lowest BCUT2D eigenvalue weighted by molar-refractivity contribution is -0.121. The fourth-order valence-corrected chi connectivity index (χ4v) is 3.30. The number of nitrogens with one attached hydrogen (secondary N) is 1. The molecule has 3 rings (SSSR count). The first-order valence-electron chi connectivity index (χ1n) is 10.2. The second-order valence-corrected chi connectivity index (χ2v) is 6.93. The van der Waals surface area contributed by atoms with Gasteiger partial charge in [0.1, 0.15) is 0 Å². The summed E-state index contributed by atoms with van der Waals surface area (Å²) in [5.41, 5.74) is 1.89. The molecule has 2 aromatic carbocycles. The Bertz CT molecular complexity index is 837. The van der Waals surface area contributed by atoms with Gasteiger partial charge in [0.2, 0.25) is 11.8 Å². The van der Waals surface area contributed by atoms with Gasteiger partial charge in [-0.1, -0.05) is 24.3 Å². The third-order valence-corrected chi connectivity index (χ3v) is 4.74. The first-order valence-corrected chi connectivity index (χ1v) is 10.2. The molecule has 1 heterocycles. The average molecular weight is 396 g/mol. The molecule has 2 aromatic rings. The number of carbonyl (C=O) groups is 2. The molecule has 0 aromatic heterocycles. The lowest BCUT2D eigenvalue weighted by Gasteiger charge is -2.16. The van der Waals surface area contributed by atoms with Crippen molar-refractivity contribution in [3.8, 4) is 11.5 Å². The molecular formula is C23H28N2O4. The van der Waals surface area contributed by atoms with Crippen LogP contribution in [0.4, 0.5) is 5.69 Å². The molecule has 1 aliphatic rings. The van der Waals surface area contributed by atoms with Crippen LogP contribution in [0.5, 0.6) is 11.5 Å². The minimum absolute atomic E-state index is 0.0191. The van der Waals surface area contributed by atoms with Crippen molar-refractivity contribution >= 4 is 17.5 Å². The van der Waals surface area contributed by atoms with Crippen LogP contribution in [0.2, 0.25) is 0 Å². The Balaban J connectivity index is 1.40. The summed E-state index contributed by atoms with van der Waals surface area (Å²) in [6, 6.07) is 15.3. The molecule has 6 nitrogen and oxygen atoms in total. The van der Waals surface area contributed by atoms with Gasteiger partial charge < -0.3 is 19.7 Å². The maximum absolute atomic E-state index is 12.1. The molecule has 6 heteroatoms. The number of hydrogen-bond donors (Lipinski definition) is 1. The molecule has 2 amide bonds. The highest BCUT2D eigenvalue weighted by atomic mass is 16.5. The van der Waals surface area contributed by atoms with Gasteiger partial charge in [-0.2, -0.15) is 0 Å². The zero-order valence-electron chi connectivity index (χ0n) is 16.9. The van der Waals surface area contributed by atoms with E-state index in [2.05, 4.69) is 5.32 Å². The van der Waals surface area contributed by atoms with Gasteiger partial charge in [0.15, 0.2) is 11.5 Å². The molecular weight excluding hydrogens is 368 g/mol. The van der Waals surface area contributed by atoms with Crippen LogP contribution in [0.15, 0.2) is 48.5 Å². The fourth-order valence-electron chi connectivity index (χ4n) is 3.30. The summed E-state index contributed by atoms with van der Waals surface area (Å²) in [5, 5.41) is 2.94. The molecule has 0 atom stereocenters. The van der Waals surface area contributed by atoms with E-state index in [9.17, 15) is 9.59 Å². The Morgan fingerprint density at radius 3 is 2.62 bits per heavy atom. The Morgan fingerprint density at radius 1 is 1.10 bits per heavy atom. The molecule has 0 unspecified atom stereocenters. The predicted molar refractivity (Wildman–Crippen MR) is 112 cm³/mol. The van der Waals surface area contributed by atoms with Crippen molar-refractivity contribution in [3.05, 3.63) is 54.1 Å². The monoisotopic (exact) mass is 396 g/mol. The maximum Gasteiger partial charge on any atom is 0.227 e. The van der Waals surface area contributed by atoms with Gasteiger partial charge in [-0.25, -0.2) is 0 Å². The predicted octanol–water partition coefficient (Wildman–Crippen LogP) is 3.69. The number of nitrogens with zero attached hydrogens (tertiary/aromatic N) is 1. The van der Waals surface area contributed by atoms with Crippen molar-refractivity contribution in [3.63, 3.8) is 0 Å². The smallest absolute Gasteiger partial charge is 0.227 e. The molecule has 1 saturated heterocycles. The van der Waals surface area contributed by atoms with Gasteiger partial charge in [-0.15, -0.1) is 0 Å². The van der Waals surface area contributed by atoms with Crippen LogP contribution in [0.25, 0.3) is 0 Å². The zero-order chi connectivity index (χ0) is 20.5. The van der Waals surface area contributed by atoms with Crippen LogP contribution >= 0.6 is 0 Å². The van der Waals surface area contributed by atoms with Crippen LogP contribution in [0.1, 0.15) is 38.2 Å². The second kappa shape index (κ2) is 10.5. The van der Waals surface area contributed by atoms with Crippen molar-refractivity contribution < 1.29 is 19.1 Å². The maximum atomic E-state index is 12.1. The van der Waals surface area contributed by atoms with Gasteiger partial charge in [0.05, 0.1) is 13.2 Å². The average Bonchev–Trinajstić information content (AvgIpc) is 3.17.